The molecule has 4 bridgehead atoms. The van der Waals surface area contributed by atoms with E-state index in [1.807, 2.05) is 6.20 Å². The lowest BCUT2D eigenvalue weighted by Gasteiger charge is -2.63. The van der Waals surface area contributed by atoms with Gasteiger partial charge in [0.05, 0.1) is 34.5 Å². The third-order valence-corrected chi connectivity index (χ3v) is 18.1. The number of hydrogen-bond acceptors (Lipinski definition) is 4. The fraction of sp³-hybridized carbons (Fsp3) is 0.122. The number of para-hydroxylation sites is 2. The van der Waals surface area contributed by atoms with Crippen LogP contribution < -0.4 is 14.5 Å². The van der Waals surface area contributed by atoms with Crippen molar-refractivity contribution >= 4 is 38.9 Å². The minimum absolute atomic E-state index is 0.0390. The molecular weight excluding hydrogens is 961 g/mol. The second kappa shape index (κ2) is 17.0. The highest BCUT2D eigenvalue weighted by Gasteiger charge is 2.66. The van der Waals surface area contributed by atoms with Crippen LogP contribution in [0, 0.1) is 0 Å². The Bertz CT molecular complexity index is 4320. The molecular formula is C74H56N4O. The number of benzene rings is 10. The zero-order chi connectivity index (χ0) is 52.6. The Labute approximate surface area is 461 Å². The zero-order valence-electron chi connectivity index (χ0n) is 44.4. The molecule has 0 saturated heterocycles. The van der Waals surface area contributed by atoms with E-state index in [2.05, 4.69) is 290 Å². The summed E-state index contributed by atoms with van der Waals surface area (Å²) < 4.78 is 9.35. The number of hydrogen-bond donors (Lipinski definition) is 0. The average Bonchev–Trinajstić information content (AvgIpc) is 2.76. The Kier molecular flexibility index (Phi) is 9.85. The van der Waals surface area contributed by atoms with Crippen LogP contribution in [0.5, 0.6) is 11.5 Å². The molecule has 0 unspecified atom stereocenters. The molecule has 1 aliphatic heterocycles. The molecule has 0 spiro atoms. The van der Waals surface area contributed by atoms with E-state index < -0.39 is 11.0 Å². The third-order valence-electron chi connectivity index (χ3n) is 18.1. The van der Waals surface area contributed by atoms with Crippen molar-refractivity contribution in [1.29, 1.82) is 0 Å². The van der Waals surface area contributed by atoms with Gasteiger partial charge in [-0.2, -0.15) is 0 Å². The maximum absolute atomic E-state index is 7.04. The van der Waals surface area contributed by atoms with Crippen molar-refractivity contribution in [3.05, 3.63) is 317 Å². The van der Waals surface area contributed by atoms with Crippen molar-refractivity contribution in [2.45, 2.75) is 49.0 Å². The second-order valence-corrected chi connectivity index (χ2v) is 23.0. The summed E-state index contributed by atoms with van der Waals surface area (Å²) in [6.07, 6.45) is 1.94. The largest absolute Gasteiger partial charge is 0.457 e. The van der Waals surface area contributed by atoms with Gasteiger partial charge in [-0.05, 0) is 133 Å². The Morgan fingerprint density at radius 1 is 0.456 bits per heavy atom. The lowest BCUT2D eigenvalue weighted by atomic mass is 9.43. The number of rotatable bonds is 7. The van der Waals surface area contributed by atoms with Crippen molar-refractivity contribution < 1.29 is 4.74 Å². The molecule has 5 nitrogen and oxygen atoms in total. The first-order valence-electron chi connectivity index (χ1n) is 27.8. The average molecular weight is 1020 g/mol. The lowest BCUT2D eigenvalue weighted by Crippen LogP contribution is -2.61. The van der Waals surface area contributed by atoms with Crippen LogP contribution in [0.3, 0.4) is 0 Å². The first kappa shape index (κ1) is 45.7. The van der Waals surface area contributed by atoms with Crippen LogP contribution >= 0.6 is 0 Å². The SMILES string of the molecule is CC(C)(C)c1ccnc(-n2c3ccc(-c4ccccc4)cc3c3ccc(Oc4cccc(N5CN(C67c8ccccc8C(c8ccccc8)(c8ccccc86)C6c8ccccc8C7c7ccccc76)c6ccccc65)c4)cc32)c1. The highest BCUT2D eigenvalue weighted by molar-refractivity contribution is 6.10. The van der Waals surface area contributed by atoms with E-state index in [1.54, 1.807) is 0 Å². The van der Waals surface area contributed by atoms with Crippen molar-refractivity contribution in [2.75, 3.05) is 16.5 Å². The molecule has 7 aliphatic rings. The fourth-order valence-electron chi connectivity index (χ4n) is 14.9. The van der Waals surface area contributed by atoms with Gasteiger partial charge in [0.2, 0.25) is 0 Å². The van der Waals surface area contributed by atoms with Gasteiger partial charge in [-0.1, -0.05) is 203 Å². The topological polar surface area (TPSA) is 33.5 Å². The third kappa shape index (κ3) is 6.41. The fourth-order valence-corrected chi connectivity index (χ4v) is 14.9. The maximum atomic E-state index is 7.04. The van der Waals surface area contributed by atoms with Gasteiger partial charge in [0.25, 0.3) is 0 Å². The number of nitrogens with zero attached hydrogens (tertiary/aromatic N) is 4. The van der Waals surface area contributed by atoms with Crippen molar-refractivity contribution in [3.8, 4) is 28.4 Å². The molecule has 19 rings (SSSR count). The smallest absolute Gasteiger partial charge is 0.137 e. The summed E-state index contributed by atoms with van der Waals surface area (Å²) in [6.45, 7) is 7.37. The summed E-state index contributed by atoms with van der Waals surface area (Å²) in [6, 6.07) is 95.2. The van der Waals surface area contributed by atoms with Crippen LogP contribution in [0.15, 0.2) is 261 Å². The zero-order valence-corrected chi connectivity index (χ0v) is 44.4. The summed E-state index contributed by atoms with van der Waals surface area (Å²) in [4.78, 5) is 10.3. The van der Waals surface area contributed by atoms with Crippen molar-refractivity contribution in [3.63, 3.8) is 0 Å². The predicted octanol–water partition coefficient (Wildman–Crippen LogP) is 17.7. The van der Waals surface area contributed by atoms with Gasteiger partial charge in [0.15, 0.2) is 0 Å². The maximum Gasteiger partial charge on any atom is 0.137 e. The van der Waals surface area contributed by atoms with E-state index in [9.17, 15) is 0 Å². The summed E-state index contributed by atoms with van der Waals surface area (Å²) >= 11 is 0. The summed E-state index contributed by atoms with van der Waals surface area (Å²) in [7, 11) is 0. The molecule has 0 radical (unpaired) electrons. The number of anilines is 3. The van der Waals surface area contributed by atoms with Crippen molar-refractivity contribution in [2.24, 2.45) is 0 Å². The molecule has 0 amide bonds. The molecule has 10 aromatic carbocycles. The lowest BCUT2D eigenvalue weighted by molar-refractivity contribution is 0.345. The van der Waals surface area contributed by atoms with Crippen LogP contribution in [-0.4, -0.2) is 16.2 Å². The van der Waals surface area contributed by atoms with Crippen LogP contribution in [0.2, 0.25) is 0 Å². The molecule has 0 fully saturated rings. The molecule has 5 heteroatoms. The van der Waals surface area contributed by atoms with Gasteiger partial charge in [-0.15, -0.1) is 0 Å². The summed E-state index contributed by atoms with van der Waals surface area (Å²) in [5, 5.41) is 2.31. The normalized spacial score (nSPS) is 19.3. The number of pyridine rings is 1. The Morgan fingerprint density at radius 3 is 1.73 bits per heavy atom. The molecule has 12 aromatic rings. The Morgan fingerprint density at radius 2 is 1.05 bits per heavy atom. The van der Waals surface area contributed by atoms with Crippen LogP contribution in [0.1, 0.15) is 88.2 Å². The molecule has 0 atom stereocenters. The molecule has 3 heterocycles. The van der Waals surface area contributed by atoms with Gasteiger partial charge in [-0.3, -0.25) is 4.57 Å². The number of aromatic nitrogens is 2. The van der Waals surface area contributed by atoms with Crippen LogP contribution in [0.4, 0.5) is 17.1 Å². The molecule has 79 heavy (non-hydrogen) atoms. The van der Waals surface area contributed by atoms with E-state index in [0.29, 0.717) is 6.67 Å². The van der Waals surface area contributed by atoms with E-state index in [0.717, 1.165) is 45.1 Å². The van der Waals surface area contributed by atoms with Crippen molar-refractivity contribution in [1.82, 2.24) is 9.55 Å². The highest BCUT2D eigenvalue weighted by atomic mass is 16.5. The highest BCUT2D eigenvalue weighted by Crippen LogP contribution is 2.71. The standard InChI is InChI=1S/C74H56N4O/c1-72(2,3)51-41-42-75-69(44-51)78-65-40-37-49(48-21-6-4-7-22-48)43-60(65)55-39-38-54(46-68(55)78)79-53-26-20-25-52(45-53)76-47-77(67-36-19-18-35-66(67)76)74-63-33-16-14-31-61(63)73(50-23-8-5-9-24-50,62-32-15-17-34-64(62)74)70-56-27-10-12-29-58(56)71(74)59-30-13-11-28-57(59)70/h4-46,70-71H,47H2,1-3H3. The van der Waals surface area contributed by atoms with E-state index >= 15 is 0 Å². The van der Waals surface area contributed by atoms with Crippen LogP contribution in [0.25, 0.3) is 38.8 Å². The summed E-state index contributed by atoms with van der Waals surface area (Å²) in [5.41, 5.74) is 20.2. The Balaban J connectivity index is 0.854. The molecule has 2 aromatic heterocycles. The summed E-state index contributed by atoms with van der Waals surface area (Å²) in [5.74, 6) is 2.40. The van der Waals surface area contributed by atoms with Gasteiger partial charge in [0.1, 0.15) is 22.9 Å². The number of fused-ring (bicyclic) bond motifs is 4. The van der Waals surface area contributed by atoms with E-state index in [4.69, 9.17) is 9.72 Å². The van der Waals surface area contributed by atoms with Crippen LogP contribution in [-0.2, 0) is 16.4 Å². The predicted molar refractivity (Wildman–Crippen MR) is 322 cm³/mol. The quantitative estimate of drug-likeness (QED) is 0.159. The van der Waals surface area contributed by atoms with Gasteiger partial charge >= 0.3 is 0 Å². The molecule has 0 N–H and O–H groups in total. The molecule has 6 aliphatic carbocycles. The molecule has 0 saturated carbocycles. The first-order chi connectivity index (χ1) is 38.8. The Hall–Kier alpha value is -9.45. The second-order valence-electron chi connectivity index (χ2n) is 23.0. The number of ether oxygens (including phenoxy) is 1. The van der Waals surface area contributed by atoms with Gasteiger partial charge in [-0.25, -0.2) is 4.98 Å². The monoisotopic (exact) mass is 1020 g/mol. The molecule has 378 valence electrons. The van der Waals surface area contributed by atoms with E-state index in [-0.39, 0.29) is 17.3 Å². The van der Waals surface area contributed by atoms with Gasteiger partial charge < -0.3 is 14.5 Å². The minimum Gasteiger partial charge on any atom is -0.457 e. The first-order valence-corrected chi connectivity index (χ1v) is 27.8. The minimum atomic E-state index is -0.682. The van der Waals surface area contributed by atoms with Gasteiger partial charge in [0, 0.05) is 46.6 Å². The van der Waals surface area contributed by atoms with E-state index in [1.165, 1.54) is 77.8 Å².